The Labute approximate surface area is 191 Å². The highest BCUT2D eigenvalue weighted by atomic mass is 32.1. The summed E-state index contributed by atoms with van der Waals surface area (Å²) in [7, 11) is 0. The first kappa shape index (κ1) is 19.8. The number of benzene rings is 1. The Balaban J connectivity index is 1.15. The third-order valence-electron chi connectivity index (χ3n) is 6.99. The summed E-state index contributed by atoms with van der Waals surface area (Å²) < 4.78 is 6.08. The molecule has 0 aliphatic carbocycles. The molecule has 3 atom stereocenters. The number of carbonyl (C=O) groups is 1. The van der Waals surface area contributed by atoms with E-state index in [1.165, 1.54) is 17.0 Å². The number of fused-ring (bicyclic) bond motifs is 3. The monoisotopic (exact) mass is 449 g/mol. The number of hydrogen-bond acceptors (Lipinski definition) is 7. The minimum atomic E-state index is -0.158. The van der Waals surface area contributed by atoms with E-state index < -0.39 is 0 Å². The van der Waals surface area contributed by atoms with E-state index in [0.717, 1.165) is 71.7 Å². The van der Waals surface area contributed by atoms with Gasteiger partial charge in [0.25, 0.3) is 5.91 Å². The predicted molar refractivity (Wildman–Crippen MR) is 128 cm³/mol. The van der Waals surface area contributed by atoms with Crippen molar-refractivity contribution >= 4 is 38.8 Å². The standard InChI is InChI=1S/C24H27N5O2S/c1-13-2-5-19-21(25)22(32-24(19)27-13)23(30)28-17-6-14-3-4-18(7-20(14)31-12-17)29-10-15-8-26-9-16(15)11-29/h2-5,7,15-17,26H,6,8-12,25H2,1H3,(H,28,30)/t15-,16-,17+/m1/s1. The Morgan fingerprint density at radius 3 is 2.88 bits per heavy atom. The van der Waals surface area contributed by atoms with Crippen LogP contribution in [0.4, 0.5) is 11.4 Å². The summed E-state index contributed by atoms with van der Waals surface area (Å²) in [5.74, 6) is 2.29. The van der Waals surface area contributed by atoms with E-state index >= 15 is 0 Å². The SMILES string of the molecule is Cc1ccc2c(N)c(C(=O)N[C@@H]3COc4cc(N5C[C@H]6CNC[C@@H]6C5)ccc4C3)sc2n1. The Hall–Kier alpha value is -2.84. The number of rotatable bonds is 3. The number of aryl methyl sites for hydroxylation is 1. The van der Waals surface area contributed by atoms with E-state index in [9.17, 15) is 4.79 Å². The normalized spacial score (nSPS) is 24.3. The average Bonchev–Trinajstić information content (AvgIpc) is 3.47. The highest BCUT2D eigenvalue weighted by Crippen LogP contribution is 2.36. The van der Waals surface area contributed by atoms with Crippen LogP contribution in [0, 0.1) is 18.8 Å². The van der Waals surface area contributed by atoms with Crippen LogP contribution in [-0.2, 0) is 6.42 Å². The predicted octanol–water partition coefficient (Wildman–Crippen LogP) is 2.58. The van der Waals surface area contributed by atoms with Crippen LogP contribution in [0.5, 0.6) is 5.75 Å². The number of nitrogen functional groups attached to an aromatic ring is 1. The summed E-state index contributed by atoms with van der Waals surface area (Å²) in [6, 6.07) is 10.3. The van der Waals surface area contributed by atoms with Crippen LogP contribution in [0.3, 0.4) is 0 Å². The van der Waals surface area contributed by atoms with Crippen molar-refractivity contribution in [1.82, 2.24) is 15.6 Å². The highest BCUT2D eigenvalue weighted by molar-refractivity contribution is 7.21. The molecule has 0 spiro atoms. The lowest BCUT2D eigenvalue weighted by Gasteiger charge is -2.28. The third kappa shape index (κ3) is 3.38. The molecule has 166 valence electrons. The van der Waals surface area contributed by atoms with Gasteiger partial charge >= 0.3 is 0 Å². The van der Waals surface area contributed by atoms with Crippen molar-refractivity contribution < 1.29 is 9.53 Å². The van der Waals surface area contributed by atoms with Gasteiger partial charge < -0.3 is 26.0 Å². The molecule has 3 aromatic rings. The van der Waals surface area contributed by atoms with Crippen molar-refractivity contribution in [1.29, 1.82) is 0 Å². The summed E-state index contributed by atoms with van der Waals surface area (Å²) in [6.07, 6.45) is 0.749. The molecule has 0 bridgehead atoms. The van der Waals surface area contributed by atoms with Crippen molar-refractivity contribution in [2.24, 2.45) is 11.8 Å². The minimum absolute atomic E-state index is 0.0858. The number of nitrogens with zero attached hydrogens (tertiary/aromatic N) is 2. The highest BCUT2D eigenvalue weighted by Gasteiger charge is 2.36. The molecule has 5 heterocycles. The Kier molecular flexibility index (Phi) is 4.73. The molecule has 8 heteroatoms. The quantitative estimate of drug-likeness (QED) is 0.569. The van der Waals surface area contributed by atoms with Gasteiger partial charge in [-0.15, -0.1) is 11.3 Å². The van der Waals surface area contributed by atoms with E-state index in [1.807, 2.05) is 19.1 Å². The number of aromatic nitrogens is 1. The Morgan fingerprint density at radius 2 is 2.06 bits per heavy atom. The van der Waals surface area contributed by atoms with Gasteiger partial charge in [0, 0.05) is 49.0 Å². The molecule has 0 radical (unpaired) electrons. The number of ether oxygens (including phenoxy) is 1. The van der Waals surface area contributed by atoms with E-state index in [-0.39, 0.29) is 11.9 Å². The fraction of sp³-hybridized carbons (Fsp3) is 0.417. The van der Waals surface area contributed by atoms with Crippen LogP contribution < -0.4 is 26.0 Å². The molecule has 1 amide bonds. The molecule has 32 heavy (non-hydrogen) atoms. The molecule has 0 unspecified atom stereocenters. The smallest absolute Gasteiger partial charge is 0.263 e. The molecule has 2 fully saturated rings. The van der Waals surface area contributed by atoms with Gasteiger partial charge in [-0.1, -0.05) is 6.07 Å². The van der Waals surface area contributed by atoms with Crippen LogP contribution >= 0.6 is 11.3 Å². The van der Waals surface area contributed by atoms with E-state index in [4.69, 9.17) is 10.5 Å². The summed E-state index contributed by atoms with van der Waals surface area (Å²) in [4.78, 5) is 21.2. The molecule has 3 aliphatic heterocycles. The van der Waals surface area contributed by atoms with Crippen molar-refractivity contribution in [2.45, 2.75) is 19.4 Å². The van der Waals surface area contributed by atoms with Gasteiger partial charge in [0.2, 0.25) is 0 Å². The number of nitrogens with one attached hydrogen (secondary N) is 2. The maximum Gasteiger partial charge on any atom is 0.263 e. The van der Waals surface area contributed by atoms with Gasteiger partial charge in [-0.25, -0.2) is 4.98 Å². The van der Waals surface area contributed by atoms with E-state index in [2.05, 4.69) is 38.7 Å². The van der Waals surface area contributed by atoms with Gasteiger partial charge in [0.15, 0.2) is 0 Å². The molecular formula is C24H27N5O2S. The topological polar surface area (TPSA) is 92.5 Å². The second kappa shape index (κ2) is 7.64. The number of hydrogen-bond donors (Lipinski definition) is 3. The van der Waals surface area contributed by atoms with Gasteiger partial charge in [-0.05, 0) is 48.9 Å². The lowest BCUT2D eigenvalue weighted by molar-refractivity contribution is 0.0920. The van der Waals surface area contributed by atoms with Crippen molar-refractivity contribution in [2.75, 3.05) is 43.4 Å². The lowest BCUT2D eigenvalue weighted by atomic mass is 10.0. The van der Waals surface area contributed by atoms with Crippen molar-refractivity contribution in [3.05, 3.63) is 46.5 Å². The zero-order valence-corrected chi connectivity index (χ0v) is 18.9. The fourth-order valence-electron chi connectivity index (χ4n) is 5.23. The number of anilines is 2. The Morgan fingerprint density at radius 1 is 1.25 bits per heavy atom. The summed E-state index contributed by atoms with van der Waals surface area (Å²) in [5.41, 5.74) is 10.0. The number of pyridine rings is 1. The number of nitrogens with two attached hydrogens (primary N) is 1. The Bertz CT molecular complexity index is 1200. The molecule has 2 saturated heterocycles. The van der Waals surface area contributed by atoms with Gasteiger partial charge in [0.05, 0.1) is 11.7 Å². The van der Waals surface area contributed by atoms with Crippen molar-refractivity contribution in [3.8, 4) is 5.75 Å². The van der Waals surface area contributed by atoms with Gasteiger partial charge in [-0.3, -0.25) is 4.79 Å². The largest absolute Gasteiger partial charge is 0.491 e. The zero-order chi connectivity index (χ0) is 21.8. The summed E-state index contributed by atoms with van der Waals surface area (Å²) in [6.45, 7) is 6.87. The first-order chi connectivity index (χ1) is 15.5. The number of carbonyl (C=O) groups excluding carboxylic acids is 1. The molecule has 6 rings (SSSR count). The molecular weight excluding hydrogens is 422 g/mol. The fourth-order valence-corrected chi connectivity index (χ4v) is 6.27. The molecule has 7 nitrogen and oxygen atoms in total. The van der Waals surface area contributed by atoms with E-state index in [0.29, 0.717) is 17.2 Å². The summed E-state index contributed by atoms with van der Waals surface area (Å²) in [5, 5.41) is 7.44. The van der Waals surface area contributed by atoms with Crippen LogP contribution in [0.15, 0.2) is 30.3 Å². The maximum atomic E-state index is 12.9. The van der Waals surface area contributed by atoms with E-state index in [1.54, 1.807) is 0 Å². The molecule has 1 aromatic carbocycles. The number of thiophene rings is 1. The van der Waals surface area contributed by atoms with Crippen molar-refractivity contribution in [3.63, 3.8) is 0 Å². The summed E-state index contributed by atoms with van der Waals surface area (Å²) >= 11 is 1.34. The van der Waals surface area contributed by atoms with Crippen LogP contribution in [0.1, 0.15) is 20.9 Å². The zero-order valence-electron chi connectivity index (χ0n) is 18.1. The molecule has 0 saturated carbocycles. The second-order valence-electron chi connectivity index (χ2n) is 9.21. The second-order valence-corrected chi connectivity index (χ2v) is 10.2. The minimum Gasteiger partial charge on any atom is -0.491 e. The first-order valence-electron chi connectivity index (χ1n) is 11.2. The van der Waals surface area contributed by atoms with Gasteiger partial charge in [-0.2, -0.15) is 0 Å². The van der Waals surface area contributed by atoms with Crippen LogP contribution in [0.25, 0.3) is 10.2 Å². The van der Waals surface area contributed by atoms with Gasteiger partial charge in [0.1, 0.15) is 22.1 Å². The average molecular weight is 450 g/mol. The molecule has 4 N–H and O–H groups in total. The van der Waals surface area contributed by atoms with Crippen LogP contribution in [0.2, 0.25) is 0 Å². The first-order valence-corrected chi connectivity index (χ1v) is 12.0. The lowest BCUT2D eigenvalue weighted by Crippen LogP contribution is -2.42. The molecule has 2 aromatic heterocycles. The maximum absolute atomic E-state index is 12.9. The third-order valence-corrected chi connectivity index (χ3v) is 8.10. The molecule has 3 aliphatic rings. The number of amides is 1. The van der Waals surface area contributed by atoms with Crippen LogP contribution in [-0.4, -0.2) is 49.7 Å².